The Morgan fingerprint density at radius 1 is 1.56 bits per heavy atom. The molecule has 0 unspecified atom stereocenters. The van der Waals surface area contributed by atoms with Crippen LogP contribution in [0.4, 0.5) is 5.13 Å². The van der Waals surface area contributed by atoms with E-state index in [-0.39, 0.29) is 5.91 Å². The Hall–Kier alpha value is -1.21. The number of aromatic nitrogens is 2. The van der Waals surface area contributed by atoms with Crippen LogP contribution in [0, 0.1) is 0 Å². The fourth-order valence-corrected chi connectivity index (χ4v) is 1.97. The van der Waals surface area contributed by atoms with Crippen LogP contribution in [0.25, 0.3) is 0 Å². The molecular weight excluding hydrogens is 228 g/mol. The average Bonchev–Trinajstić information content (AvgIpc) is 2.83. The van der Waals surface area contributed by atoms with Crippen LogP contribution in [0.3, 0.4) is 0 Å². The first kappa shape index (κ1) is 11.3. The minimum absolute atomic E-state index is 0.167. The SMILES string of the molecule is O=C(CCNc1nncs1)N1CCOCC1. The summed E-state index contributed by atoms with van der Waals surface area (Å²) in [5.74, 6) is 0.167. The smallest absolute Gasteiger partial charge is 0.224 e. The molecule has 88 valence electrons. The van der Waals surface area contributed by atoms with Gasteiger partial charge in [0.25, 0.3) is 0 Å². The van der Waals surface area contributed by atoms with Gasteiger partial charge in [0, 0.05) is 26.1 Å². The number of ether oxygens (including phenoxy) is 1. The molecular formula is C9H14N4O2S. The molecule has 1 amide bonds. The van der Waals surface area contributed by atoms with Crippen molar-refractivity contribution in [3.05, 3.63) is 5.51 Å². The number of morpholine rings is 1. The summed E-state index contributed by atoms with van der Waals surface area (Å²) >= 11 is 1.43. The molecule has 0 spiro atoms. The third-order valence-corrected chi connectivity index (χ3v) is 2.99. The minimum Gasteiger partial charge on any atom is -0.378 e. The van der Waals surface area contributed by atoms with Crippen molar-refractivity contribution in [1.29, 1.82) is 0 Å². The van der Waals surface area contributed by atoms with E-state index in [4.69, 9.17) is 4.74 Å². The highest BCUT2D eigenvalue weighted by atomic mass is 32.1. The van der Waals surface area contributed by atoms with Crippen LogP contribution in [0.1, 0.15) is 6.42 Å². The molecule has 0 aromatic carbocycles. The van der Waals surface area contributed by atoms with E-state index in [1.807, 2.05) is 4.90 Å². The van der Waals surface area contributed by atoms with Gasteiger partial charge in [0.2, 0.25) is 11.0 Å². The topological polar surface area (TPSA) is 67.4 Å². The Morgan fingerprint density at radius 3 is 3.06 bits per heavy atom. The molecule has 1 aliphatic rings. The number of carbonyl (C=O) groups excluding carboxylic acids is 1. The number of amides is 1. The van der Waals surface area contributed by atoms with E-state index in [1.165, 1.54) is 11.3 Å². The van der Waals surface area contributed by atoms with Gasteiger partial charge in [0.05, 0.1) is 13.2 Å². The Kier molecular flexibility index (Phi) is 4.06. The molecule has 1 aliphatic heterocycles. The van der Waals surface area contributed by atoms with Gasteiger partial charge in [-0.15, -0.1) is 10.2 Å². The Labute approximate surface area is 97.6 Å². The van der Waals surface area contributed by atoms with Gasteiger partial charge in [-0.25, -0.2) is 0 Å². The number of nitrogens with zero attached hydrogens (tertiary/aromatic N) is 3. The molecule has 0 aliphatic carbocycles. The summed E-state index contributed by atoms with van der Waals surface area (Å²) in [5, 5.41) is 11.4. The fraction of sp³-hybridized carbons (Fsp3) is 0.667. The number of nitrogens with one attached hydrogen (secondary N) is 1. The summed E-state index contributed by atoms with van der Waals surface area (Å²) in [7, 11) is 0. The van der Waals surface area contributed by atoms with Crippen LogP contribution in [0.15, 0.2) is 5.51 Å². The van der Waals surface area contributed by atoms with Crippen molar-refractivity contribution in [1.82, 2.24) is 15.1 Å². The Morgan fingerprint density at radius 2 is 2.38 bits per heavy atom. The zero-order valence-electron chi connectivity index (χ0n) is 8.89. The highest BCUT2D eigenvalue weighted by Crippen LogP contribution is 2.08. The van der Waals surface area contributed by atoms with Gasteiger partial charge >= 0.3 is 0 Å². The third kappa shape index (κ3) is 3.14. The summed E-state index contributed by atoms with van der Waals surface area (Å²) in [6, 6.07) is 0. The molecule has 0 bridgehead atoms. The number of rotatable bonds is 4. The monoisotopic (exact) mass is 242 g/mol. The second-order valence-corrected chi connectivity index (χ2v) is 4.25. The largest absolute Gasteiger partial charge is 0.378 e. The van der Waals surface area contributed by atoms with Crippen molar-refractivity contribution in [2.45, 2.75) is 6.42 Å². The van der Waals surface area contributed by atoms with Gasteiger partial charge in [-0.05, 0) is 0 Å². The van der Waals surface area contributed by atoms with Crippen LogP contribution in [0.5, 0.6) is 0 Å². The van der Waals surface area contributed by atoms with E-state index < -0.39 is 0 Å². The lowest BCUT2D eigenvalue weighted by Crippen LogP contribution is -2.41. The Balaban J connectivity index is 1.67. The second-order valence-electron chi connectivity index (χ2n) is 3.41. The molecule has 0 saturated carbocycles. The lowest BCUT2D eigenvalue weighted by atomic mass is 10.3. The van der Waals surface area contributed by atoms with Crippen molar-refractivity contribution in [3.8, 4) is 0 Å². The van der Waals surface area contributed by atoms with Crippen molar-refractivity contribution in [2.24, 2.45) is 0 Å². The molecule has 0 atom stereocenters. The maximum atomic E-state index is 11.7. The summed E-state index contributed by atoms with van der Waals surface area (Å²) in [5.41, 5.74) is 1.66. The van der Waals surface area contributed by atoms with E-state index >= 15 is 0 Å². The van der Waals surface area contributed by atoms with Crippen LogP contribution >= 0.6 is 11.3 Å². The van der Waals surface area contributed by atoms with Crippen molar-refractivity contribution in [3.63, 3.8) is 0 Å². The molecule has 1 saturated heterocycles. The van der Waals surface area contributed by atoms with E-state index in [1.54, 1.807) is 5.51 Å². The average molecular weight is 242 g/mol. The molecule has 1 aromatic heterocycles. The van der Waals surface area contributed by atoms with E-state index in [2.05, 4.69) is 15.5 Å². The fourth-order valence-electron chi connectivity index (χ4n) is 1.50. The number of anilines is 1. The van der Waals surface area contributed by atoms with E-state index in [0.717, 1.165) is 5.13 Å². The minimum atomic E-state index is 0.167. The van der Waals surface area contributed by atoms with E-state index in [0.29, 0.717) is 39.3 Å². The van der Waals surface area contributed by atoms with Crippen LogP contribution < -0.4 is 5.32 Å². The van der Waals surface area contributed by atoms with Gasteiger partial charge in [-0.3, -0.25) is 4.79 Å². The standard InChI is InChI=1S/C9H14N4O2S/c14-8(13-3-5-15-6-4-13)1-2-10-9-12-11-7-16-9/h7H,1-6H2,(H,10,12). The molecule has 0 radical (unpaired) electrons. The normalized spacial score (nSPS) is 16.1. The molecule has 16 heavy (non-hydrogen) atoms. The highest BCUT2D eigenvalue weighted by molar-refractivity contribution is 7.13. The molecule has 2 rings (SSSR count). The molecule has 1 N–H and O–H groups in total. The first-order chi connectivity index (χ1) is 7.86. The van der Waals surface area contributed by atoms with Gasteiger partial charge < -0.3 is 15.0 Å². The zero-order valence-corrected chi connectivity index (χ0v) is 9.70. The van der Waals surface area contributed by atoms with Crippen LogP contribution in [-0.2, 0) is 9.53 Å². The quantitative estimate of drug-likeness (QED) is 0.817. The molecule has 1 aromatic rings. The van der Waals surface area contributed by atoms with Crippen molar-refractivity contribution in [2.75, 3.05) is 38.2 Å². The number of hydrogen-bond donors (Lipinski definition) is 1. The highest BCUT2D eigenvalue weighted by Gasteiger charge is 2.15. The van der Waals surface area contributed by atoms with Gasteiger partial charge in [-0.2, -0.15) is 0 Å². The summed E-state index contributed by atoms with van der Waals surface area (Å²) in [6.45, 7) is 3.31. The van der Waals surface area contributed by atoms with Crippen LogP contribution in [-0.4, -0.2) is 53.9 Å². The van der Waals surface area contributed by atoms with Gasteiger partial charge in [0.1, 0.15) is 5.51 Å². The molecule has 1 fully saturated rings. The second kappa shape index (κ2) is 5.76. The summed E-state index contributed by atoms with van der Waals surface area (Å²) in [4.78, 5) is 13.6. The molecule has 6 nitrogen and oxygen atoms in total. The zero-order chi connectivity index (χ0) is 11.2. The van der Waals surface area contributed by atoms with E-state index in [9.17, 15) is 4.79 Å². The lowest BCUT2D eigenvalue weighted by Gasteiger charge is -2.26. The Bertz CT molecular complexity index is 324. The van der Waals surface area contributed by atoms with Gasteiger partial charge in [-0.1, -0.05) is 11.3 Å². The van der Waals surface area contributed by atoms with Crippen molar-refractivity contribution < 1.29 is 9.53 Å². The van der Waals surface area contributed by atoms with Gasteiger partial charge in [0.15, 0.2) is 0 Å². The predicted molar refractivity (Wildman–Crippen MR) is 60.4 cm³/mol. The molecule has 2 heterocycles. The maximum absolute atomic E-state index is 11.7. The number of carbonyl (C=O) groups is 1. The van der Waals surface area contributed by atoms with Crippen LogP contribution in [0.2, 0.25) is 0 Å². The van der Waals surface area contributed by atoms with Crippen molar-refractivity contribution >= 4 is 22.4 Å². The summed E-state index contributed by atoms with van der Waals surface area (Å²) in [6.07, 6.45) is 0.486. The first-order valence-electron chi connectivity index (χ1n) is 5.22. The third-order valence-electron chi connectivity index (χ3n) is 2.34. The maximum Gasteiger partial charge on any atom is 0.224 e. The number of hydrogen-bond acceptors (Lipinski definition) is 6. The molecule has 7 heteroatoms. The lowest BCUT2D eigenvalue weighted by molar-refractivity contribution is -0.134. The predicted octanol–water partition coefficient (Wildman–Crippen LogP) is 0.199. The summed E-state index contributed by atoms with van der Waals surface area (Å²) < 4.78 is 5.19. The first-order valence-corrected chi connectivity index (χ1v) is 6.10.